The molecule has 0 amide bonds. The standard InChI is InChI=1S/C7H10N2O/c1-2-10-7-5-6(8)3-4-9-7/h3-5H,2H2,1H3,(H2,8,9)/i1D3,2D2. The zero-order valence-electron chi connectivity index (χ0n) is 10.2. The molecule has 0 spiro atoms. The smallest absolute Gasteiger partial charge is 0.215 e. The fraction of sp³-hybridized carbons (Fsp3) is 0.286. The van der Waals surface area contributed by atoms with E-state index in [0.717, 1.165) is 0 Å². The minimum absolute atomic E-state index is 0.156. The lowest BCUT2D eigenvalue weighted by Gasteiger charge is -2.00. The zero-order chi connectivity index (χ0) is 11.7. The quantitative estimate of drug-likeness (QED) is 0.673. The van der Waals surface area contributed by atoms with Crippen LogP contribution >= 0.6 is 0 Å². The Bertz CT molecular complexity index is 351. The second-order valence-electron chi connectivity index (χ2n) is 1.63. The van der Waals surface area contributed by atoms with Gasteiger partial charge in [0, 0.05) is 22.1 Å². The number of nitrogens with zero attached hydrogens (tertiary/aromatic N) is 1. The maximum Gasteiger partial charge on any atom is 0.215 e. The molecule has 0 unspecified atom stereocenters. The van der Waals surface area contributed by atoms with Gasteiger partial charge < -0.3 is 10.5 Å². The molecule has 10 heavy (non-hydrogen) atoms. The minimum atomic E-state index is -2.88. The second kappa shape index (κ2) is 3.06. The number of aromatic nitrogens is 1. The Kier molecular flexibility index (Phi) is 0.849. The summed E-state index contributed by atoms with van der Waals surface area (Å²) in [6, 6.07) is 2.74. The van der Waals surface area contributed by atoms with Crippen molar-refractivity contribution < 1.29 is 11.6 Å². The predicted molar refractivity (Wildman–Crippen MR) is 39.8 cm³/mol. The van der Waals surface area contributed by atoms with Crippen molar-refractivity contribution in [2.75, 3.05) is 12.3 Å². The molecule has 1 aromatic heterocycles. The molecule has 1 aromatic rings. The van der Waals surface area contributed by atoms with Gasteiger partial charge in [0.2, 0.25) is 5.88 Å². The second-order valence-corrected chi connectivity index (χ2v) is 1.63. The number of pyridine rings is 1. The molecule has 0 bridgehead atoms. The fourth-order valence-corrected chi connectivity index (χ4v) is 0.533. The number of nitrogens with two attached hydrogens (primary N) is 1. The van der Waals surface area contributed by atoms with Crippen LogP contribution in [-0.4, -0.2) is 11.5 Å². The molecule has 3 heteroatoms. The van der Waals surface area contributed by atoms with E-state index in [1.807, 2.05) is 0 Å². The first-order valence-electron chi connectivity index (χ1n) is 5.13. The van der Waals surface area contributed by atoms with Gasteiger partial charge in [-0.2, -0.15) is 0 Å². The van der Waals surface area contributed by atoms with Crippen LogP contribution in [0.15, 0.2) is 18.3 Å². The molecule has 0 saturated carbocycles. The summed E-state index contributed by atoms with van der Waals surface area (Å²) < 4.78 is 39.7. The van der Waals surface area contributed by atoms with Crippen LogP contribution in [0.5, 0.6) is 5.88 Å². The number of hydrogen-bond acceptors (Lipinski definition) is 3. The maximum atomic E-state index is 7.19. The van der Waals surface area contributed by atoms with Crippen LogP contribution in [0, 0.1) is 0 Å². The highest BCUT2D eigenvalue weighted by Gasteiger charge is 1.91. The van der Waals surface area contributed by atoms with Gasteiger partial charge in [-0.1, -0.05) is 0 Å². The molecule has 1 rings (SSSR count). The van der Waals surface area contributed by atoms with Gasteiger partial charge in [0.1, 0.15) is 0 Å². The van der Waals surface area contributed by atoms with E-state index in [0.29, 0.717) is 5.69 Å². The van der Waals surface area contributed by atoms with E-state index in [-0.39, 0.29) is 5.88 Å². The third kappa shape index (κ3) is 1.62. The maximum absolute atomic E-state index is 7.19. The first-order chi connectivity index (χ1) is 6.72. The lowest BCUT2D eigenvalue weighted by atomic mass is 10.4. The van der Waals surface area contributed by atoms with E-state index < -0.39 is 13.4 Å². The van der Waals surface area contributed by atoms with Crippen molar-refractivity contribution in [3.63, 3.8) is 0 Å². The summed E-state index contributed by atoms with van der Waals surface area (Å²) >= 11 is 0. The minimum Gasteiger partial charge on any atom is -0.478 e. The largest absolute Gasteiger partial charge is 0.478 e. The van der Waals surface area contributed by atoms with Crippen molar-refractivity contribution in [2.24, 2.45) is 0 Å². The third-order valence-electron chi connectivity index (χ3n) is 0.915. The topological polar surface area (TPSA) is 48.1 Å². The van der Waals surface area contributed by atoms with Crippen molar-refractivity contribution in [1.29, 1.82) is 0 Å². The lowest BCUT2D eigenvalue weighted by molar-refractivity contribution is 0.327. The van der Waals surface area contributed by atoms with Gasteiger partial charge in [0.15, 0.2) is 0 Å². The summed E-state index contributed by atoms with van der Waals surface area (Å²) in [4.78, 5) is 3.65. The Hall–Kier alpha value is -1.25. The van der Waals surface area contributed by atoms with E-state index >= 15 is 0 Å². The summed E-state index contributed by atoms with van der Waals surface area (Å²) in [6.45, 7) is -5.66. The normalized spacial score (nSPS) is 19.4. The summed E-state index contributed by atoms with van der Waals surface area (Å²) in [5.74, 6) is -0.156. The number of hydrogen-bond donors (Lipinski definition) is 1. The molecule has 3 nitrogen and oxygen atoms in total. The number of ether oxygens (including phenoxy) is 1. The Morgan fingerprint density at radius 3 is 3.60 bits per heavy atom. The molecule has 1 heterocycles. The highest BCUT2D eigenvalue weighted by atomic mass is 16.5. The van der Waals surface area contributed by atoms with Crippen LogP contribution in [0.25, 0.3) is 0 Å². The summed E-state index contributed by atoms with van der Waals surface area (Å²) in [6.07, 6.45) is 1.31. The first kappa shape index (κ1) is 2.78. The van der Waals surface area contributed by atoms with E-state index in [1.54, 1.807) is 0 Å². The van der Waals surface area contributed by atoms with Gasteiger partial charge in [0.05, 0.1) is 9.30 Å². The zero-order valence-corrected chi connectivity index (χ0v) is 5.16. The van der Waals surface area contributed by atoms with Crippen LogP contribution in [0.2, 0.25) is 0 Å². The SMILES string of the molecule is [2H]C([2H])([2H])C([2H])([2H])Oc1cc(N)ccn1. The van der Waals surface area contributed by atoms with Crippen molar-refractivity contribution in [3.05, 3.63) is 18.3 Å². The molecule has 0 atom stereocenters. The van der Waals surface area contributed by atoms with Gasteiger partial charge in [-0.3, -0.25) is 0 Å². The summed E-state index contributed by atoms with van der Waals surface area (Å²) in [5.41, 5.74) is 5.72. The van der Waals surface area contributed by atoms with Crippen molar-refractivity contribution in [3.8, 4) is 5.88 Å². The van der Waals surface area contributed by atoms with Crippen LogP contribution < -0.4 is 10.5 Å². The first-order valence-corrected chi connectivity index (χ1v) is 2.63. The summed E-state index contributed by atoms with van der Waals surface area (Å²) in [7, 11) is 0. The van der Waals surface area contributed by atoms with Crippen molar-refractivity contribution in [2.45, 2.75) is 6.85 Å². The van der Waals surface area contributed by atoms with E-state index in [9.17, 15) is 0 Å². The Labute approximate surface area is 66.9 Å². The van der Waals surface area contributed by atoms with Gasteiger partial charge in [-0.05, 0) is 12.9 Å². The van der Waals surface area contributed by atoms with Crippen LogP contribution in [0.3, 0.4) is 0 Å². The molecule has 0 saturated heterocycles. The molecule has 0 fully saturated rings. The van der Waals surface area contributed by atoms with Crippen LogP contribution in [0.1, 0.15) is 13.7 Å². The summed E-state index contributed by atoms with van der Waals surface area (Å²) in [5, 5.41) is 0. The van der Waals surface area contributed by atoms with Crippen LogP contribution in [-0.2, 0) is 0 Å². The number of nitrogen functional groups attached to an aromatic ring is 1. The Morgan fingerprint density at radius 2 is 2.90 bits per heavy atom. The van der Waals surface area contributed by atoms with Crippen molar-refractivity contribution in [1.82, 2.24) is 4.98 Å². The fourth-order valence-electron chi connectivity index (χ4n) is 0.533. The number of rotatable bonds is 2. The molecule has 0 aliphatic rings. The average Bonchev–Trinajstić information content (AvgIpc) is 2.00. The molecule has 0 radical (unpaired) electrons. The van der Waals surface area contributed by atoms with Gasteiger partial charge in [0.25, 0.3) is 0 Å². The molecular weight excluding hydrogens is 128 g/mol. The Balaban J connectivity index is 2.87. The van der Waals surface area contributed by atoms with E-state index in [2.05, 4.69) is 9.72 Å². The van der Waals surface area contributed by atoms with E-state index in [1.165, 1.54) is 18.3 Å². The van der Waals surface area contributed by atoms with Gasteiger partial charge in [-0.15, -0.1) is 0 Å². The highest BCUT2D eigenvalue weighted by molar-refractivity contribution is 5.39. The molecule has 0 aromatic carbocycles. The van der Waals surface area contributed by atoms with Crippen molar-refractivity contribution >= 4 is 5.69 Å². The third-order valence-corrected chi connectivity index (χ3v) is 0.915. The predicted octanol–water partition coefficient (Wildman–Crippen LogP) is 1.06. The highest BCUT2D eigenvalue weighted by Crippen LogP contribution is 2.09. The molecule has 0 aliphatic carbocycles. The molecule has 54 valence electrons. The molecule has 2 N–H and O–H groups in total. The Morgan fingerprint density at radius 1 is 2.00 bits per heavy atom. The number of anilines is 1. The molecular formula is C7H10N2O. The monoisotopic (exact) mass is 143 g/mol. The molecule has 0 aliphatic heterocycles. The van der Waals surface area contributed by atoms with Gasteiger partial charge in [-0.25, -0.2) is 4.98 Å². The van der Waals surface area contributed by atoms with Gasteiger partial charge >= 0.3 is 0 Å². The lowest BCUT2D eigenvalue weighted by Crippen LogP contribution is -1.94. The van der Waals surface area contributed by atoms with E-state index in [4.69, 9.17) is 12.6 Å². The van der Waals surface area contributed by atoms with Crippen LogP contribution in [0.4, 0.5) is 5.69 Å². The average molecular weight is 143 g/mol.